The van der Waals surface area contributed by atoms with Gasteiger partial charge in [0.1, 0.15) is 24.0 Å². The van der Waals surface area contributed by atoms with E-state index in [2.05, 4.69) is 72.4 Å². The summed E-state index contributed by atoms with van der Waals surface area (Å²) in [7, 11) is 0. The van der Waals surface area contributed by atoms with Crippen LogP contribution in [0.3, 0.4) is 0 Å². The SMILES string of the molecule is [2H]c1c([2H])c2c(c([2H])c1-c1cccc(-c3cc(-c4ccccc4)cc(-c4ccccc4)c3C([2H])([2H])[2H])c1N1CN(c3cccc(Oc4ccc5c6ccccc6n(-c6cc(C([2H])([2H])C(C)(C)C)c(-c7ccccc7)cn6)c5c4)c3)c3ccccc31)C(C)(C)CCC2(C)C. The Balaban J connectivity index is 0.928. The third-order valence-corrected chi connectivity index (χ3v) is 17.2. The van der Waals surface area contributed by atoms with E-state index in [9.17, 15) is 11.0 Å². The first-order chi connectivity index (χ1) is 44.4. The number of anilines is 4. The van der Waals surface area contributed by atoms with Gasteiger partial charge in [-0.2, -0.15) is 0 Å². The van der Waals surface area contributed by atoms with Crippen molar-refractivity contribution >= 4 is 44.6 Å². The molecule has 0 saturated carbocycles. The molecule has 12 aromatic rings. The molecule has 1 aliphatic heterocycles. The predicted molar refractivity (Wildman–Crippen MR) is 357 cm³/mol. The van der Waals surface area contributed by atoms with E-state index in [4.69, 9.17) is 9.72 Å². The van der Waals surface area contributed by atoms with Crippen LogP contribution in [-0.4, -0.2) is 16.2 Å². The molecule has 0 unspecified atom stereocenters. The van der Waals surface area contributed by atoms with Crippen LogP contribution in [0.2, 0.25) is 0 Å². The van der Waals surface area contributed by atoms with E-state index in [1.807, 2.05) is 209 Å². The number of aromatic nitrogens is 2. The molecule has 2 aromatic heterocycles. The van der Waals surface area contributed by atoms with Crippen LogP contribution in [-0.2, 0) is 17.2 Å². The monoisotopic (exact) mass is 1110 g/mol. The molecule has 418 valence electrons. The van der Waals surface area contributed by atoms with Crippen LogP contribution < -0.4 is 14.5 Å². The lowest BCUT2D eigenvalue weighted by molar-refractivity contribution is 0.332. The van der Waals surface area contributed by atoms with Gasteiger partial charge in [-0.25, -0.2) is 4.98 Å². The summed E-state index contributed by atoms with van der Waals surface area (Å²) in [5, 5.41) is 2.01. The van der Waals surface area contributed by atoms with Gasteiger partial charge in [0.25, 0.3) is 0 Å². The van der Waals surface area contributed by atoms with E-state index in [0.29, 0.717) is 56.4 Å². The molecule has 5 heteroatoms. The first-order valence-electron chi connectivity index (χ1n) is 33.5. The van der Waals surface area contributed by atoms with E-state index < -0.39 is 29.5 Å². The maximum Gasteiger partial charge on any atom is 0.137 e. The highest BCUT2D eigenvalue weighted by Gasteiger charge is 2.38. The molecule has 0 radical (unpaired) electrons. The van der Waals surface area contributed by atoms with Gasteiger partial charge in [0, 0.05) is 58.3 Å². The molecule has 5 nitrogen and oxygen atoms in total. The average molecular weight is 1110 g/mol. The lowest BCUT2D eigenvalue weighted by atomic mass is 9.63. The molecule has 0 spiro atoms. The van der Waals surface area contributed by atoms with Gasteiger partial charge in [0.05, 0.1) is 32.2 Å². The molecular formula is C80H72N4O. The van der Waals surface area contributed by atoms with E-state index in [0.717, 1.165) is 90.7 Å². The number of fused-ring (bicyclic) bond motifs is 5. The van der Waals surface area contributed by atoms with Crippen LogP contribution in [0.5, 0.6) is 11.5 Å². The quantitative estimate of drug-likeness (QED) is 0.129. The first-order valence-corrected chi connectivity index (χ1v) is 29.5. The molecule has 0 amide bonds. The van der Waals surface area contributed by atoms with Crippen molar-refractivity contribution in [1.82, 2.24) is 9.55 Å². The third kappa shape index (κ3) is 9.85. The molecule has 3 heterocycles. The zero-order valence-electron chi connectivity index (χ0n) is 57.2. The molecule has 0 fully saturated rings. The minimum absolute atomic E-state index is 0.0417. The number of hydrogen-bond donors (Lipinski definition) is 0. The lowest BCUT2D eigenvalue weighted by Crippen LogP contribution is -2.33. The number of ether oxygens (including phenoxy) is 1. The second-order valence-electron chi connectivity index (χ2n) is 25.1. The highest BCUT2D eigenvalue weighted by atomic mass is 16.5. The summed E-state index contributed by atoms with van der Waals surface area (Å²) in [5.74, 6) is 1.74. The summed E-state index contributed by atoms with van der Waals surface area (Å²) < 4.78 is 87.1. The number of rotatable bonds is 11. The van der Waals surface area contributed by atoms with Gasteiger partial charge in [0.2, 0.25) is 0 Å². The number of pyridine rings is 1. The molecule has 2 aliphatic rings. The Kier molecular flexibility index (Phi) is 11.1. The minimum atomic E-state index is -2.62. The number of benzene rings is 10. The summed E-state index contributed by atoms with van der Waals surface area (Å²) in [6.45, 7) is 11.9. The Morgan fingerprint density at radius 3 is 1.86 bits per heavy atom. The second-order valence-corrected chi connectivity index (χ2v) is 25.1. The fourth-order valence-corrected chi connectivity index (χ4v) is 12.8. The summed E-state index contributed by atoms with van der Waals surface area (Å²) >= 11 is 0. The summed E-state index contributed by atoms with van der Waals surface area (Å²) in [4.78, 5) is 9.50. The van der Waals surface area contributed by atoms with Gasteiger partial charge in [-0.3, -0.25) is 4.57 Å². The van der Waals surface area contributed by atoms with Crippen molar-refractivity contribution in [1.29, 1.82) is 0 Å². The molecule has 0 bridgehead atoms. The van der Waals surface area contributed by atoms with Gasteiger partial charge < -0.3 is 14.5 Å². The highest BCUT2D eigenvalue weighted by Crippen LogP contribution is 2.54. The Morgan fingerprint density at radius 2 is 1.13 bits per heavy atom. The van der Waals surface area contributed by atoms with Crippen molar-refractivity contribution in [3.05, 3.63) is 265 Å². The number of nitrogens with zero attached hydrogens (tertiary/aromatic N) is 4. The summed E-state index contributed by atoms with van der Waals surface area (Å²) in [6, 6.07) is 71.9. The van der Waals surface area contributed by atoms with E-state index in [1.54, 1.807) is 6.20 Å². The van der Waals surface area contributed by atoms with Gasteiger partial charge >= 0.3 is 0 Å². The van der Waals surface area contributed by atoms with Gasteiger partial charge in [-0.05, 0) is 164 Å². The van der Waals surface area contributed by atoms with Crippen LogP contribution in [0.1, 0.15) is 94.5 Å². The van der Waals surface area contributed by atoms with Crippen molar-refractivity contribution < 1.29 is 15.7 Å². The molecule has 0 atom stereocenters. The molecule has 85 heavy (non-hydrogen) atoms. The maximum absolute atomic E-state index is 10.4. The van der Waals surface area contributed by atoms with Crippen molar-refractivity contribution in [2.75, 3.05) is 16.5 Å². The van der Waals surface area contributed by atoms with Crippen molar-refractivity contribution in [2.24, 2.45) is 5.41 Å². The van der Waals surface area contributed by atoms with Gasteiger partial charge in [-0.1, -0.05) is 212 Å². The number of para-hydroxylation sites is 4. The Morgan fingerprint density at radius 1 is 0.518 bits per heavy atom. The zero-order chi connectivity index (χ0) is 65.1. The fourth-order valence-electron chi connectivity index (χ4n) is 12.8. The van der Waals surface area contributed by atoms with Crippen molar-refractivity contribution in [3.8, 4) is 73.0 Å². The Hall–Kier alpha value is -9.45. The smallest absolute Gasteiger partial charge is 0.137 e. The van der Waals surface area contributed by atoms with Crippen molar-refractivity contribution in [2.45, 2.75) is 85.4 Å². The molecule has 10 aromatic carbocycles. The second kappa shape index (κ2) is 21.0. The Bertz CT molecular complexity index is 4920. The molecule has 0 saturated heterocycles. The van der Waals surface area contributed by atoms with Crippen LogP contribution in [0.4, 0.5) is 22.7 Å². The maximum atomic E-state index is 10.4. The predicted octanol–water partition coefficient (Wildman–Crippen LogP) is 21.8. The molecule has 14 rings (SSSR count). The van der Waals surface area contributed by atoms with Gasteiger partial charge in [-0.15, -0.1) is 0 Å². The van der Waals surface area contributed by atoms with Crippen LogP contribution in [0, 0.1) is 12.3 Å². The molecular weight excluding hydrogens is 1030 g/mol. The Labute approximate surface area is 512 Å². The summed E-state index contributed by atoms with van der Waals surface area (Å²) in [5.41, 5.74) is 12.1. The highest BCUT2D eigenvalue weighted by molar-refractivity contribution is 6.09. The van der Waals surface area contributed by atoms with Crippen LogP contribution >= 0.6 is 0 Å². The first kappa shape index (κ1) is 45.0. The number of hydrogen-bond acceptors (Lipinski definition) is 4. The standard InChI is InChI=1S/C80H72N4O/c1-53-67(55-26-14-10-15-27-55)44-58(54-24-12-9-13-25-54)45-68(53)66-34-23-33-63(57-38-41-70-71(46-57)80(7,8)43-42-79(70,5)6)77(66)83-52-82(73-36-20-21-37-74(73)83)60-30-22-31-61(48-60)85-62-39-40-65-64-32-18-19-35-72(64)84(75(65)49-62)76-47-59(50-78(2,3)4)69(51-81-76)56-28-16-11-17-29-56/h9-41,44-49,51H,42-43,50,52H2,1-8H3/i1D3,38D,41D,46D,50D2. The van der Waals surface area contributed by atoms with Gasteiger partial charge in [0.15, 0.2) is 0 Å². The normalized spacial score (nSPS) is 16.1. The third-order valence-electron chi connectivity index (χ3n) is 17.2. The fraction of sp³-hybridized carbons (Fsp3) is 0.188. The van der Waals surface area contributed by atoms with Crippen LogP contribution in [0.15, 0.2) is 243 Å². The largest absolute Gasteiger partial charge is 0.457 e. The van der Waals surface area contributed by atoms with E-state index >= 15 is 0 Å². The summed E-state index contributed by atoms with van der Waals surface area (Å²) in [6.07, 6.45) is 1.68. The average Bonchev–Trinajstić information content (AvgIpc) is 1.58. The topological polar surface area (TPSA) is 33.5 Å². The molecule has 1 aliphatic carbocycles. The minimum Gasteiger partial charge on any atom is -0.457 e. The van der Waals surface area contributed by atoms with Crippen molar-refractivity contribution in [3.63, 3.8) is 0 Å². The van der Waals surface area contributed by atoms with Crippen LogP contribution in [0.25, 0.3) is 83.3 Å². The lowest BCUT2D eigenvalue weighted by Gasteiger charge is -2.42. The van der Waals surface area contributed by atoms with E-state index in [-0.39, 0.29) is 30.4 Å². The molecule has 0 N–H and O–H groups in total. The zero-order valence-corrected chi connectivity index (χ0v) is 49.2. The van der Waals surface area contributed by atoms with E-state index in [1.165, 1.54) is 0 Å².